The lowest BCUT2D eigenvalue weighted by Crippen LogP contribution is -2.25. The number of nitrogens with one attached hydrogen (secondary N) is 1. The van der Waals surface area contributed by atoms with E-state index in [2.05, 4.69) is 51.7 Å². The number of methoxy groups -OCH3 is 1. The highest BCUT2D eigenvalue weighted by atomic mass is 127. The molecule has 0 saturated carbocycles. The van der Waals surface area contributed by atoms with Crippen molar-refractivity contribution in [2.24, 2.45) is 0 Å². The number of ether oxygens (including phenoxy) is 1. The lowest BCUT2D eigenvalue weighted by atomic mass is 10.1. The highest BCUT2D eigenvalue weighted by Gasteiger charge is 2.25. The minimum Gasteiger partial charge on any atom is -0.371 e. The summed E-state index contributed by atoms with van der Waals surface area (Å²) in [5, 5.41) is 3.36. The van der Waals surface area contributed by atoms with Crippen molar-refractivity contribution >= 4 is 28.4 Å². The van der Waals surface area contributed by atoms with Gasteiger partial charge in [-0.15, -0.1) is 0 Å². The number of hydrogen-bond acceptors (Lipinski definition) is 4. The maximum absolute atomic E-state index is 5.47. The summed E-state index contributed by atoms with van der Waals surface area (Å²) in [6.45, 7) is 9.14. The highest BCUT2D eigenvalue weighted by Crippen LogP contribution is 2.26. The number of anilines is 1. The second kappa shape index (κ2) is 6.65. The lowest BCUT2D eigenvalue weighted by molar-refractivity contribution is 0.0114. The molecule has 1 N–H and O–H groups in total. The first-order valence-corrected chi connectivity index (χ1v) is 7.40. The predicted molar refractivity (Wildman–Crippen MR) is 82.9 cm³/mol. The van der Waals surface area contributed by atoms with Gasteiger partial charge in [-0.05, 0) is 49.3 Å². The summed E-state index contributed by atoms with van der Waals surface area (Å²) < 4.78 is 6.58. The lowest BCUT2D eigenvalue weighted by Gasteiger charge is -2.23. The van der Waals surface area contributed by atoms with E-state index in [9.17, 15) is 0 Å². The van der Waals surface area contributed by atoms with Crippen molar-refractivity contribution in [1.82, 2.24) is 9.97 Å². The first kappa shape index (κ1) is 15.6. The number of rotatable bonds is 6. The van der Waals surface area contributed by atoms with Gasteiger partial charge in [-0.2, -0.15) is 0 Å². The number of nitrogens with zero attached hydrogens (tertiary/aromatic N) is 2. The molecule has 0 spiro atoms. The fourth-order valence-corrected chi connectivity index (χ4v) is 2.26. The van der Waals surface area contributed by atoms with Gasteiger partial charge >= 0.3 is 0 Å². The number of hydrogen-bond donors (Lipinski definition) is 1. The molecule has 0 atom stereocenters. The average Bonchev–Trinajstić information content (AvgIpc) is 2.37. The molecule has 0 amide bonds. The second-order valence-electron chi connectivity index (χ2n) is 4.65. The van der Waals surface area contributed by atoms with Crippen LogP contribution < -0.4 is 5.32 Å². The summed E-state index contributed by atoms with van der Waals surface area (Å²) in [6, 6.07) is 0. The van der Waals surface area contributed by atoms with Gasteiger partial charge < -0.3 is 10.1 Å². The molecule has 0 aliphatic carbocycles. The summed E-state index contributed by atoms with van der Waals surface area (Å²) in [5.74, 6) is 1.66. The normalized spacial score (nSPS) is 11.7. The quantitative estimate of drug-likeness (QED) is 0.788. The van der Waals surface area contributed by atoms with Gasteiger partial charge in [0.1, 0.15) is 11.4 Å². The molecule has 1 aromatic rings. The first-order valence-electron chi connectivity index (χ1n) is 6.32. The summed E-state index contributed by atoms with van der Waals surface area (Å²) in [5.41, 5.74) is 0.612. The van der Waals surface area contributed by atoms with Crippen LogP contribution in [0.15, 0.2) is 0 Å². The molecule has 0 radical (unpaired) electrons. The predicted octanol–water partition coefficient (Wildman–Crippen LogP) is 3.35. The third-order valence-electron chi connectivity index (χ3n) is 2.85. The Balaban J connectivity index is 3.21. The van der Waals surface area contributed by atoms with Gasteiger partial charge in [0.2, 0.25) is 0 Å². The van der Waals surface area contributed by atoms with Gasteiger partial charge in [0.15, 0.2) is 5.82 Å². The zero-order chi connectivity index (χ0) is 13.8. The molecule has 0 aliphatic rings. The van der Waals surface area contributed by atoms with Crippen LogP contribution in [0.2, 0.25) is 0 Å². The Bertz CT molecular complexity index is 407. The maximum Gasteiger partial charge on any atom is 0.162 e. The molecular formula is C13H22IN3O. The summed E-state index contributed by atoms with van der Waals surface area (Å²) in [6.07, 6.45) is 1.97. The molecule has 0 bridgehead atoms. The molecule has 0 saturated heterocycles. The molecule has 0 aromatic carbocycles. The molecule has 1 rings (SSSR count). The van der Waals surface area contributed by atoms with E-state index >= 15 is 0 Å². The van der Waals surface area contributed by atoms with E-state index in [0.717, 1.165) is 40.3 Å². The van der Waals surface area contributed by atoms with Crippen LogP contribution in [0.3, 0.4) is 0 Å². The van der Waals surface area contributed by atoms with Gasteiger partial charge in [0.25, 0.3) is 0 Å². The standard InChI is InChI=1S/C13H22IN3O/c1-6-8-15-11-10(14)9(7-2)16-12(17-11)13(3,4)18-5/h6-8H2,1-5H3,(H,15,16,17). The maximum atomic E-state index is 5.47. The van der Waals surface area contributed by atoms with Gasteiger partial charge in [0.05, 0.1) is 9.26 Å². The van der Waals surface area contributed by atoms with E-state index in [1.807, 2.05) is 13.8 Å². The third-order valence-corrected chi connectivity index (χ3v) is 3.98. The highest BCUT2D eigenvalue weighted by molar-refractivity contribution is 14.1. The monoisotopic (exact) mass is 363 g/mol. The van der Waals surface area contributed by atoms with Crippen LogP contribution in [0.5, 0.6) is 0 Å². The van der Waals surface area contributed by atoms with Crippen molar-refractivity contribution in [1.29, 1.82) is 0 Å². The Morgan fingerprint density at radius 2 is 1.94 bits per heavy atom. The second-order valence-corrected chi connectivity index (χ2v) is 5.73. The van der Waals surface area contributed by atoms with Crippen molar-refractivity contribution in [2.45, 2.75) is 46.1 Å². The van der Waals surface area contributed by atoms with Crippen LogP contribution in [-0.2, 0) is 16.8 Å². The minimum atomic E-state index is -0.461. The molecular weight excluding hydrogens is 341 g/mol. The van der Waals surface area contributed by atoms with Gasteiger partial charge in [-0.1, -0.05) is 13.8 Å². The van der Waals surface area contributed by atoms with Crippen LogP contribution in [0.25, 0.3) is 0 Å². The van der Waals surface area contributed by atoms with Crippen molar-refractivity contribution < 1.29 is 4.74 Å². The molecule has 0 unspecified atom stereocenters. The summed E-state index contributed by atoms with van der Waals surface area (Å²) >= 11 is 2.31. The van der Waals surface area contributed by atoms with Crippen molar-refractivity contribution in [2.75, 3.05) is 19.0 Å². The zero-order valence-electron chi connectivity index (χ0n) is 11.8. The number of halogens is 1. The Hall–Kier alpha value is -0.430. The number of aromatic nitrogens is 2. The van der Waals surface area contributed by atoms with Gasteiger partial charge in [-0.3, -0.25) is 0 Å². The fourth-order valence-electron chi connectivity index (χ4n) is 1.45. The average molecular weight is 363 g/mol. The van der Waals surface area contributed by atoms with E-state index in [-0.39, 0.29) is 0 Å². The Morgan fingerprint density at radius 3 is 2.44 bits per heavy atom. The molecule has 4 nitrogen and oxygen atoms in total. The van der Waals surface area contributed by atoms with Crippen LogP contribution >= 0.6 is 22.6 Å². The topological polar surface area (TPSA) is 47.0 Å². The fraction of sp³-hybridized carbons (Fsp3) is 0.692. The minimum absolute atomic E-state index is 0.461. The van der Waals surface area contributed by atoms with Crippen LogP contribution in [0.4, 0.5) is 5.82 Å². The van der Waals surface area contributed by atoms with Crippen LogP contribution in [0, 0.1) is 3.57 Å². The van der Waals surface area contributed by atoms with Crippen molar-refractivity contribution in [3.8, 4) is 0 Å². The van der Waals surface area contributed by atoms with Crippen LogP contribution in [0.1, 0.15) is 45.6 Å². The third kappa shape index (κ3) is 3.54. The summed E-state index contributed by atoms with van der Waals surface area (Å²) in [4.78, 5) is 9.22. The molecule has 5 heteroatoms. The molecule has 18 heavy (non-hydrogen) atoms. The number of aryl methyl sites for hydroxylation is 1. The first-order chi connectivity index (χ1) is 8.46. The summed E-state index contributed by atoms with van der Waals surface area (Å²) in [7, 11) is 1.69. The Kier molecular flexibility index (Phi) is 5.78. The van der Waals surface area contributed by atoms with Crippen molar-refractivity contribution in [3.05, 3.63) is 15.1 Å². The largest absolute Gasteiger partial charge is 0.371 e. The smallest absolute Gasteiger partial charge is 0.162 e. The SMILES string of the molecule is CCCNc1nc(C(C)(C)OC)nc(CC)c1I. The molecule has 0 aliphatic heterocycles. The van der Waals surface area contributed by atoms with Crippen molar-refractivity contribution in [3.63, 3.8) is 0 Å². The van der Waals surface area contributed by atoms with E-state index in [0.29, 0.717) is 0 Å². The Morgan fingerprint density at radius 1 is 1.28 bits per heavy atom. The van der Waals surface area contributed by atoms with E-state index < -0.39 is 5.60 Å². The molecule has 0 fully saturated rings. The molecule has 102 valence electrons. The van der Waals surface area contributed by atoms with Gasteiger partial charge in [-0.25, -0.2) is 9.97 Å². The van der Waals surface area contributed by atoms with Crippen LogP contribution in [-0.4, -0.2) is 23.6 Å². The Labute approximate surface area is 123 Å². The van der Waals surface area contributed by atoms with E-state index in [1.165, 1.54) is 0 Å². The molecule has 1 aromatic heterocycles. The molecule has 1 heterocycles. The zero-order valence-corrected chi connectivity index (χ0v) is 14.0. The van der Waals surface area contributed by atoms with E-state index in [1.54, 1.807) is 7.11 Å². The van der Waals surface area contributed by atoms with Gasteiger partial charge in [0, 0.05) is 13.7 Å². The van der Waals surface area contributed by atoms with E-state index in [4.69, 9.17) is 4.74 Å².